The van der Waals surface area contributed by atoms with Gasteiger partial charge < -0.3 is 10.4 Å². The summed E-state index contributed by atoms with van der Waals surface area (Å²) in [5.41, 5.74) is -1.00. The van der Waals surface area contributed by atoms with Crippen molar-refractivity contribution in [2.75, 3.05) is 11.9 Å². The highest BCUT2D eigenvalue weighted by Gasteiger charge is 2.17. The van der Waals surface area contributed by atoms with E-state index in [-0.39, 0.29) is 11.6 Å². The zero-order chi connectivity index (χ0) is 12.2. The van der Waals surface area contributed by atoms with E-state index < -0.39 is 10.5 Å². The zero-order valence-electron chi connectivity index (χ0n) is 9.17. The van der Waals surface area contributed by atoms with Crippen LogP contribution in [0.2, 0.25) is 0 Å². The molecule has 0 saturated carbocycles. The molecule has 1 aromatic rings. The molecular weight excluding hydrogens is 212 g/mol. The summed E-state index contributed by atoms with van der Waals surface area (Å²) in [5, 5.41) is 22.8. The molecule has 0 aliphatic heterocycles. The first-order chi connectivity index (χ1) is 7.44. The standard InChI is InChI=1S/C9H14N4O3/c1-3-9(2,14)6-12-8-10-4-7(5-11-8)13(15)16/h4-5,14H,3,6H2,1-2H3,(H,10,11,12). The molecule has 0 aromatic carbocycles. The van der Waals surface area contributed by atoms with Crippen LogP contribution >= 0.6 is 0 Å². The van der Waals surface area contributed by atoms with Crippen molar-refractivity contribution in [2.45, 2.75) is 25.9 Å². The Bertz CT molecular complexity index is 364. The largest absolute Gasteiger partial charge is 0.388 e. The predicted molar refractivity (Wildman–Crippen MR) is 58.1 cm³/mol. The Morgan fingerprint density at radius 1 is 1.56 bits per heavy atom. The smallest absolute Gasteiger partial charge is 0.305 e. The van der Waals surface area contributed by atoms with E-state index in [1.165, 1.54) is 0 Å². The number of aliphatic hydroxyl groups is 1. The molecule has 1 rings (SSSR count). The number of hydrogen-bond acceptors (Lipinski definition) is 6. The molecule has 0 spiro atoms. The van der Waals surface area contributed by atoms with Crippen molar-refractivity contribution in [3.8, 4) is 0 Å². The maximum Gasteiger partial charge on any atom is 0.305 e. The SMILES string of the molecule is CCC(C)(O)CNc1ncc([N+](=O)[O-])cn1. The van der Waals surface area contributed by atoms with Crippen LogP contribution < -0.4 is 5.32 Å². The van der Waals surface area contributed by atoms with Gasteiger partial charge in [-0.2, -0.15) is 0 Å². The first-order valence-corrected chi connectivity index (χ1v) is 4.87. The number of hydrogen-bond donors (Lipinski definition) is 2. The molecule has 0 saturated heterocycles. The second-order valence-corrected chi connectivity index (χ2v) is 3.73. The van der Waals surface area contributed by atoms with E-state index in [1.54, 1.807) is 6.92 Å². The van der Waals surface area contributed by atoms with Crippen molar-refractivity contribution in [3.63, 3.8) is 0 Å². The van der Waals surface area contributed by atoms with Crippen LogP contribution in [-0.4, -0.2) is 32.1 Å². The Morgan fingerprint density at radius 3 is 2.56 bits per heavy atom. The average Bonchev–Trinajstić information content (AvgIpc) is 2.27. The lowest BCUT2D eigenvalue weighted by molar-refractivity contribution is -0.385. The Balaban J connectivity index is 2.59. The summed E-state index contributed by atoms with van der Waals surface area (Å²) in [6.45, 7) is 3.84. The lowest BCUT2D eigenvalue weighted by atomic mass is 10.0. The number of aromatic nitrogens is 2. The van der Waals surface area contributed by atoms with Gasteiger partial charge in [0.15, 0.2) is 0 Å². The second kappa shape index (κ2) is 4.84. The monoisotopic (exact) mass is 226 g/mol. The van der Waals surface area contributed by atoms with Gasteiger partial charge in [0.05, 0.1) is 10.5 Å². The van der Waals surface area contributed by atoms with Crippen molar-refractivity contribution < 1.29 is 10.0 Å². The molecule has 7 heteroatoms. The van der Waals surface area contributed by atoms with Crippen LogP contribution in [0.4, 0.5) is 11.6 Å². The highest BCUT2D eigenvalue weighted by molar-refractivity contribution is 5.30. The first-order valence-electron chi connectivity index (χ1n) is 4.87. The van der Waals surface area contributed by atoms with Gasteiger partial charge in [-0.05, 0) is 13.3 Å². The van der Waals surface area contributed by atoms with Gasteiger partial charge in [0, 0.05) is 6.54 Å². The van der Waals surface area contributed by atoms with E-state index in [0.29, 0.717) is 13.0 Å². The molecule has 0 aliphatic carbocycles. The van der Waals surface area contributed by atoms with E-state index in [1.807, 2.05) is 6.92 Å². The van der Waals surface area contributed by atoms with Gasteiger partial charge in [0.2, 0.25) is 5.95 Å². The first kappa shape index (κ1) is 12.3. The van der Waals surface area contributed by atoms with Crippen LogP contribution in [0.5, 0.6) is 0 Å². The van der Waals surface area contributed by atoms with Crippen LogP contribution in [-0.2, 0) is 0 Å². The molecular formula is C9H14N4O3. The minimum atomic E-state index is -0.842. The molecule has 1 unspecified atom stereocenters. The van der Waals surface area contributed by atoms with Crippen LogP contribution in [0.3, 0.4) is 0 Å². The highest BCUT2D eigenvalue weighted by Crippen LogP contribution is 2.11. The molecule has 16 heavy (non-hydrogen) atoms. The van der Waals surface area contributed by atoms with Gasteiger partial charge in [0.25, 0.3) is 0 Å². The molecule has 1 aromatic heterocycles. The molecule has 88 valence electrons. The maximum atomic E-state index is 10.3. The van der Waals surface area contributed by atoms with Crippen molar-refractivity contribution in [1.82, 2.24) is 9.97 Å². The fourth-order valence-electron chi connectivity index (χ4n) is 0.901. The third-order valence-electron chi connectivity index (χ3n) is 2.24. The summed E-state index contributed by atoms with van der Waals surface area (Å²) in [6, 6.07) is 0. The van der Waals surface area contributed by atoms with Gasteiger partial charge in [-0.1, -0.05) is 6.92 Å². The van der Waals surface area contributed by atoms with Crippen molar-refractivity contribution in [1.29, 1.82) is 0 Å². The van der Waals surface area contributed by atoms with E-state index in [9.17, 15) is 15.2 Å². The quantitative estimate of drug-likeness (QED) is 0.572. The molecule has 0 radical (unpaired) electrons. The molecule has 0 fully saturated rings. The summed E-state index contributed by atoms with van der Waals surface area (Å²) in [7, 11) is 0. The summed E-state index contributed by atoms with van der Waals surface area (Å²) >= 11 is 0. The van der Waals surface area contributed by atoms with E-state index in [2.05, 4.69) is 15.3 Å². The van der Waals surface area contributed by atoms with Gasteiger partial charge in [-0.25, -0.2) is 9.97 Å². The Kier molecular flexibility index (Phi) is 3.73. The number of nitrogens with one attached hydrogen (secondary N) is 1. The lowest BCUT2D eigenvalue weighted by Gasteiger charge is -2.21. The molecule has 2 N–H and O–H groups in total. The van der Waals surface area contributed by atoms with E-state index in [4.69, 9.17) is 0 Å². The topological polar surface area (TPSA) is 101 Å². The normalized spacial score (nSPS) is 14.2. The minimum absolute atomic E-state index is 0.159. The van der Waals surface area contributed by atoms with E-state index >= 15 is 0 Å². The van der Waals surface area contributed by atoms with Gasteiger partial charge >= 0.3 is 5.69 Å². The van der Waals surface area contributed by atoms with Crippen LogP contribution in [0.15, 0.2) is 12.4 Å². The molecule has 0 amide bonds. The number of anilines is 1. The van der Waals surface area contributed by atoms with Crippen molar-refractivity contribution in [2.24, 2.45) is 0 Å². The summed E-state index contributed by atoms with van der Waals surface area (Å²) in [6.07, 6.45) is 2.83. The second-order valence-electron chi connectivity index (χ2n) is 3.73. The Labute approximate surface area is 92.7 Å². The van der Waals surface area contributed by atoms with Crippen molar-refractivity contribution >= 4 is 11.6 Å². The fourth-order valence-corrected chi connectivity index (χ4v) is 0.901. The van der Waals surface area contributed by atoms with Gasteiger partial charge in [-0.15, -0.1) is 0 Å². The number of rotatable bonds is 5. The highest BCUT2D eigenvalue weighted by atomic mass is 16.6. The Hall–Kier alpha value is -1.76. The predicted octanol–water partition coefficient (Wildman–Crippen LogP) is 0.958. The molecule has 1 heterocycles. The third-order valence-corrected chi connectivity index (χ3v) is 2.24. The van der Waals surface area contributed by atoms with Gasteiger partial charge in [-0.3, -0.25) is 10.1 Å². The lowest BCUT2D eigenvalue weighted by Crippen LogP contribution is -2.32. The molecule has 1 atom stereocenters. The maximum absolute atomic E-state index is 10.3. The zero-order valence-corrected chi connectivity index (χ0v) is 9.17. The number of nitrogens with zero attached hydrogens (tertiary/aromatic N) is 3. The summed E-state index contributed by atoms with van der Waals surface area (Å²) in [5.74, 6) is 0.263. The average molecular weight is 226 g/mol. The number of nitro groups is 1. The summed E-state index contributed by atoms with van der Waals surface area (Å²) < 4.78 is 0. The molecule has 0 bridgehead atoms. The molecule has 7 nitrogen and oxygen atoms in total. The van der Waals surface area contributed by atoms with Crippen LogP contribution in [0, 0.1) is 10.1 Å². The van der Waals surface area contributed by atoms with E-state index in [0.717, 1.165) is 12.4 Å². The third kappa shape index (κ3) is 3.43. The van der Waals surface area contributed by atoms with Crippen LogP contribution in [0.25, 0.3) is 0 Å². The Morgan fingerprint density at radius 2 is 2.12 bits per heavy atom. The van der Waals surface area contributed by atoms with Gasteiger partial charge in [0.1, 0.15) is 12.4 Å². The molecule has 0 aliphatic rings. The van der Waals surface area contributed by atoms with Crippen molar-refractivity contribution in [3.05, 3.63) is 22.5 Å². The van der Waals surface area contributed by atoms with Crippen LogP contribution in [0.1, 0.15) is 20.3 Å². The minimum Gasteiger partial charge on any atom is -0.388 e. The fraction of sp³-hybridized carbons (Fsp3) is 0.556. The summed E-state index contributed by atoms with van der Waals surface area (Å²) in [4.78, 5) is 17.3.